The van der Waals surface area contributed by atoms with Crippen molar-refractivity contribution in [3.8, 4) is 0 Å². The minimum absolute atomic E-state index is 0.211. The Morgan fingerprint density at radius 3 is 2.26 bits per heavy atom. The van der Waals surface area contributed by atoms with Crippen LogP contribution in [-0.4, -0.2) is 23.9 Å². The van der Waals surface area contributed by atoms with Crippen molar-refractivity contribution in [2.45, 2.75) is 18.5 Å². The Labute approximate surface area is 132 Å². The first-order valence-corrected chi connectivity index (χ1v) is 7.46. The van der Waals surface area contributed by atoms with Crippen LogP contribution in [-0.2, 0) is 6.18 Å². The summed E-state index contributed by atoms with van der Waals surface area (Å²) in [5.74, 6) is 0.0757. The van der Waals surface area contributed by atoms with Gasteiger partial charge in [-0.05, 0) is 36.2 Å². The molecule has 1 aliphatic heterocycles. The van der Waals surface area contributed by atoms with Crippen molar-refractivity contribution < 1.29 is 18.0 Å². The van der Waals surface area contributed by atoms with Gasteiger partial charge in [0.05, 0.1) is 5.56 Å². The van der Waals surface area contributed by atoms with Crippen LogP contribution in [0.25, 0.3) is 0 Å². The van der Waals surface area contributed by atoms with E-state index in [1.165, 1.54) is 17.7 Å². The van der Waals surface area contributed by atoms with E-state index in [1.54, 1.807) is 4.90 Å². The third-order valence-electron chi connectivity index (χ3n) is 4.21. The molecule has 23 heavy (non-hydrogen) atoms. The van der Waals surface area contributed by atoms with Gasteiger partial charge in [0.15, 0.2) is 0 Å². The number of alkyl halides is 3. The van der Waals surface area contributed by atoms with E-state index < -0.39 is 11.7 Å². The third kappa shape index (κ3) is 3.38. The second-order valence-corrected chi connectivity index (χ2v) is 5.72. The van der Waals surface area contributed by atoms with E-state index in [0.29, 0.717) is 18.7 Å². The van der Waals surface area contributed by atoms with Gasteiger partial charge in [-0.3, -0.25) is 4.79 Å². The molecule has 1 amide bonds. The molecule has 1 atom stereocenters. The molecule has 0 spiro atoms. The van der Waals surface area contributed by atoms with Gasteiger partial charge in [-0.1, -0.05) is 30.3 Å². The third-order valence-corrected chi connectivity index (χ3v) is 4.21. The summed E-state index contributed by atoms with van der Waals surface area (Å²) in [6.07, 6.45) is -3.51. The highest BCUT2D eigenvalue weighted by Gasteiger charge is 2.31. The molecule has 2 nitrogen and oxygen atoms in total. The van der Waals surface area contributed by atoms with Crippen LogP contribution in [0, 0.1) is 0 Å². The summed E-state index contributed by atoms with van der Waals surface area (Å²) >= 11 is 0. The number of hydrogen-bond acceptors (Lipinski definition) is 1. The van der Waals surface area contributed by atoms with E-state index in [2.05, 4.69) is 0 Å². The quantitative estimate of drug-likeness (QED) is 0.806. The number of amides is 1. The summed E-state index contributed by atoms with van der Waals surface area (Å²) in [5.41, 5.74) is 0.750. The molecule has 1 fully saturated rings. The number of nitrogens with zero attached hydrogens (tertiary/aromatic N) is 1. The summed E-state index contributed by atoms with van der Waals surface area (Å²) in [6, 6.07) is 14.4. The maximum atomic E-state index is 12.6. The summed E-state index contributed by atoms with van der Waals surface area (Å²) in [7, 11) is 0. The van der Waals surface area contributed by atoms with E-state index in [0.717, 1.165) is 18.6 Å². The average Bonchev–Trinajstić information content (AvgIpc) is 3.04. The molecule has 5 heteroatoms. The van der Waals surface area contributed by atoms with Crippen LogP contribution in [0.3, 0.4) is 0 Å². The lowest BCUT2D eigenvalue weighted by Crippen LogP contribution is -2.28. The zero-order valence-electron chi connectivity index (χ0n) is 12.4. The van der Waals surface area contributed by atoms with Crippen molar-refractivity contribution in [2.75, 3.05) is 13.1 Å². The number of likely N-dealkylation sites (tertiary alicyclic amines) is 1. The van der Waals surface area contributed by atoms with Crippen molar-refractivity contribution in [1.29, 1.82) is 0 Å². The standard InChI is InChI=1S/C18H16F3NO/c19-18(20,21)16-8-6-14(7-9-16)17(23)22-11-10-15(12-22)13-4-2-1-3-5-13/h1-9,15H,10-12H2/t15-/m1/s1. The monoisotopic (exact) mass is 319 g/mol. The number of halogens is 3. The molecule has 1 heterocycles. The van der Waals surface area contributed by atoms with Gasteiger partial charge in [0, 0.05) is 24.6 Å². The number of carbonyl (C=O) groups is 1. The Morgan fingerprint density at radius 2 is 1.65 bits per heavy atom. The Kier molecular flexibility index (Phi) is 4.11. The van der Waals surface area contributed by atoms with Crippen molar-refractivity contribution in [2.24, 2.45) is 0 Å². The lowest BCUT2D eigenvalue weighted by molar-refractivity contribution is -0.137. The van der Waals surface area contributed by atoms with Gasteiger partial charge in [-0.25, -0.2) is 0 Å². The lowest BCUT2D eigenvalue weighted by Gasteiger charge is -2.17. The lowest BCUT2D eigenvalue weighted by atomic mass is 9.99. The fourth-order valence-corrected chi connectivity index (χ4v) is 2.93. The largest absolute Gasteiger partial charge is 0.416 e. The average molecular weight is 319 g/mol. The molecule has 1 saturated heterocycles. The predicted octanol–water partition coefficient (Wildman–Crippen LogP) is 4.34. The van der Waals surface area contributed by atoms with Crippen LogP contribution < -0.4 is 0 Å². The van der Waals surface area contributed by atoms with E-state index in [1.807, 2.05) is 30.3 Å². The molecule has 0 saturated carbocycles. The molecule has 0 unspecified atom stereocenters. The normalized spacial score (nSPS) is 18.2. The van der Waals surface area contributed by atoms with Crippen molar-refractivity contribution in [1.82, 2.24) is 4.90 Å². The zero-order valence-corrected chi connectivity index (χ0v) is 12.4. The Bertz CT molecular complexity index is 680. The van der Waals surface area contributed by atoms with Crippen LogP contribution in [0.15, 0.2) is 54.6 Å². The fraction of sp³-hybridized carbons (Fsp3) is 0.278. The highest BCUT2D eigenvalue weighted by Crippen LogP contribution is 2.30. The van der Waals surface area contributed by atoms with E-state index in [-0.39, 0.29) is 11.8 Å². The van der Waals surface area contributed by atoms with Gasteiger partial charge >= 0.3 is 6.18 Å². The van der Waals surface area contributed by atoms with Crippen LogP contribution in [0.2, 0.25) is 0 Å². The van der Waals surface area contributed by atoms with Crippen LogP contribution >= 0.6 is 0 Å². The Balaban J connectivity index is 1.70. The molecule has 120 valence electrons. The van der Waals surface area contributed by atoms with Crippen molar-refractivity contribution in [3.05, 3.63) is 71.3 Å². The molecular weight excluding hydrogens is 303 g/mol. The van der Waals surface area contributed by atoms with Crippen LogP contribution in [0.4, 0.5) is 13.2 Å². The maximum absolute atomic E-state index is 12.6. The van der Waals surface area contributed by atoms with E-state index in [9.17, 15) is 18.0 Å². The predicted molar refractivity (Wildman–Crippen MR) is 81.1 cm³/mol. The molecular formula is C18H16F3NO. The van der Waals surface area contributed by atoms with Gasteiger partial charge in [-0.2, -0.15) is 13.2 Å². The van der Waals surface area contributed by atoms with E-state index in [4.69, 9.17) is 0 Å². The number of rotatable bonds is 2. The summed E-state index contributed by atoms with van der Waals surface area (Å²) in [4.78, 5) is 14.1. The SMILES string of the molecule is O=C(c1ccc(C(F)(F)F)cc1)N1CC[C@@H](c2ccccc2)C1. The minimum Gasteiger partial charge on any atom is -0.338 e. The van der Waals surface area contributed by atoms with Gasteiger partial charge in [0.1, 0.15) is 0 Å². The molecule has 0 aromatic heterocycles. The highest BCUT2D eigenvalue weighted by molar-refractivity contribution is 5.94. The highest BCUT2D eigenvalue weighted by atomic mass is 19.4. The van der Waals surface area contributed by atoms with Gasteiger partial charge in [0.25, 0.3) is 5.91 Å². The topological polar surface area (TPSA) is 20.3 Å². The molecule has 2 aromatic carbocycles. The van der Waals surface area contributed by atoms with Gasteiger partial charge < -0.3 is 4.90 Å². The Hall–Kier alpha value is -2.30. The summed E-state index contributed by atoms with van der Waals surface area (Å²) in [5, 5.41) is 0. The molecule has 3 rings (SSSR count). The van der Waals surface area contributed by atoms with Crippen molar-refractivity contribution >= 4 is 5.91 Å². The number of carbonyl (C=O) groups excluding carboxylic acids is 1. The molecule has 1 aliphatic rings. The molecule has 0 N–H and O–H groups in total. The molecule has 0 bridgehead atoms. The number of hydrogen-bond donors (Lipinski definition) is 0. The Morgan fingerprint density at radius 1 is 1.00 bits per heavy atom. The summed E-state index contributed by atoms with van der Waals surface area (Å²) < 4.78 is 37.7. The van der Waals surface area contributed by atoms with Crippen LogP contribution in [0.1, 0.15) is 33.8 Å². The fourth-order valence-electron chi connectivity index (χ4n) is 2.93. The second-order valence-electron chi connectivity index (χ2n) is 5.72. The minimum atomic E-state index is -4.38. The first kappa shape index (κ1) is 15.6. The first-order chi connectivity index (χ1) is 10.9. The van der Waals surface area contributed by atoms with Gasteiger partial charge in [-0.15, -0.1) is 0 Å². The van der Waals surface area contributed by atoms with Crippen molar-refractivity contribution in [3.63, 3.8) is 0 Å². The first-order valence-electron chi connectivity index (χ1n) is 7.46. The second kappa shape index (κ2) is 6.07. The zero-order chi connectivity index (χ0) is 16.4. The van der Waals surface area contributed by atoms with Gasteiger partial charge in [0.2, 0.25) is 0 Å². The molecule has 2 aromatic rings. The smallest absolute Gasteiger partial charge is 0.338 e. The maximum Gasteiger partial charge on any atom is 0.416 e. The summed E-state index contributed by atoms with van der Waals surface area (Å²) in [6.45, 7) is 1.23. The van der Waals surface area contributed by atoms with Crippen LogP contribution in [0.5, 0.6) is 0 Å². The number of benzene rings is 2. The van der Waals surface area contributed by atoms with E-state index >= 15 is 0 Å². The molecule has 0 aliphatic carbocycles. The molecule has 0 radical (unpaired) electrons.